The molecule has 2 aromatic heterocycles. The largest absolute Gasteiger partial charge is 0.361 e. The summed E-state index contributed by atoms with van der Waals surface area (Å²) in [4.78, 5) is 12.5. The molecule has 10 heteroatoms. The lowest BCUT2D eigenvalue weighted by Crippen LogP contribution is -2.36. The maximum Gasteiger partial charge on any atom is 0.273 e. The maximum absolute atomic E-state index is 12.5. The van der Waals surface area contributed by atoms with Gasteiger partial charge < -0.3 is 19.3 Å². The molecule has 34 heavy (non-hydrogen) atoms. The molecule has 178 valence electrons. The second kappa shape index (κ2) is 11.3. The lowest BCUT2D eigenvalue weighted by molar-refractivity contribution is -0.162. The van der Waals surface area contributed by atoms with Gasteiger partial charge in [0.1, 0.15) is 11.8 Å². The summed E-state index contributed by atoms with van der Waals surface area (Å²) in [5.74, 6) is 0.275. The topological polar surface area (TPSA) is 115 Å². The van der Waals surface area contributed by atoms with Crippen molar-refractivity contribution in [3.63, 3.8) is 0 Å². The molecule has 4 rings (SSSR count). The maximum atomic E-state index is 12.5. The van der Waals surface area contributed by atoms with Crippen LogP contribution in [0.3, 0.4) is 0 Å². The standard InChI is InChI=1S/C24H26ClN5O4/c1-16(15-30-9-7-21(28-30)17-5-6-18(14-26)20(25)12-17)27-24(31)22-13-19(34-29-22)8-11-33-23-4-2-3-10-32-23/h5-7,9,12-13,16,23H,2-4,8,10-11,15H2,1H3,(H,27,31)/t16-,23-/m0/s1. The summed E-state index contributed by atoms with van der Waals surface area (Å²) < 4.78 is 18.2. The molecule has 2 atom stereocenters. The molecule has 1 aliphatic rings. The highest BCUT2D eigenvalue weighted by Gasteiger charge is 2.17. The predicted molar refractivity (Wildman–Crippen MR) is 124 cm³/mol. The number of nitrogens with zero attached hydrogens (tertiary/aromatic N) is 4. The molecular weight excluding hydrogens is 458 g/mol. The molecule has 0 saturated carbocycles. The number of nitrogens with one attached hydrogen (secondary N) is 1. The normalized spacial score (nSPS) is 16.7. The Morgan fingerprint density at radius 2 is 2.26 bits per heavy atom. The summed E-state index contributed by atoms with van der Waals surface area (Å²) >= 11 is 6.12. The average molecular weight is 484 g/mol. The first kappa shape index (κ1) is 24.0. The van der Waals surface area contributed by atoms with Crippen LogP contribution in [0.5, 0.6) is 0 Å². The van der Waals surface area contributed by atoms with Crippen molar-refractivity contribution in [1.29, 1.82) is 5.26 Å². The molecule has 3 aromatic rings. The van der Waals surface area contributed by atoms with Gasteiger partial charge in [0.15, 0.2) is 12.0 Å². The summed E-state index contributed by atoms with van der Waals surface area (Å²) in [5.41, 5.74) is 2.19. The number of rotatable bonds is 9. The number of carbonyl (C=O) groups is 1. The van der Waals surface area contributed by atoms with E-state index in [-0.39, 0.29) is 23.9 Å². The molecule has 9 nitrogen and oxygen atoms in total. The zero-order valence-electron chi connectivity index (χ0n) is 18.9. The Hall–Kier alpha value is -3.19. The van der Waals surface area contributed by atoms with E-state index in [0.29, 0.717) is 35.9 Å². The van der Waals surface area contributed by atoms with E-state index in [4.69, 9.17) is 30.9 Å². The highest BCUT2D eigenvalue weighted by atomic mass is 35.5. The molecule has 0 aliphatic carbocycles. The van der Waals surface area contributed by atoms with Crippen LogP contribution in [-0.2, 0) is 22.4 Å². The summed E-state index contributed by atoms with van der Waals surface area (Å²) in [5, 5.41) is 20.7. The molecule has 1 amide bonds. The van der Waals surface area contributed by atoms with E-state index in [9.17, 15) is 4.79 Å². The fraction of sp³-hybridized carbons (Fsp3) is 0.417. The van der Waals surface area contributed by atoms with Gasteiger partial charge in [-0.2, -0.15) is 10.4 Å². The minimum Gasteiger partial charge on any atom is -0.361 e. The van der Waals surface area contributed by atoms with Crippen LogP contribution in [0, 0.1) is 11.3 Å². The van der Waals surface area contributed by atoms with Gasteiger partial charge in [-0.05, 0) is 44.4 Å². The van der Waals surface area contributed by atoms with Crippen LogP contribution in [0.1, 0.15) is 48.0 Å². The summed E-state index contributed by atoms with van der Waals surface area (Å²) in [6.45, 7) is 3.54. The third-order valence-corrected chi connectivity index (χ3v) is 5.76. The minimum absolute atomic E-state index is 0.156. The third-order valence-electron chi connectivity index (χ3n) is 5.45. The Balaban J connectivity index is 1.26. The van der Waals surface area contributed by atoms with Crippen molar-refractivity contribution in [2.75, 3.05) is 13.2 Å². The lowest BCUT2D eigenvalue weighted by atomic mass is 10.1. The highest BCUT2D eigenvalue weighted by molar-refractivity contribution is 6.32. The first-order valence-corrected chi connectivity index (χ1v) is 11.6. The van der Waals surface area contributed by atoms with Crippen LogP contribution in [0.4, 0.5) is 0 Å². The lowest BCUT2D eigenvalue weighted by Gasteiger charge is -2.22. The minimum atomic E-state index is -0.315. The first-order chi connectivity index (χ1) is 16.5. The highest BCUT2D eigenvalue weighted by Crippen LogP contribution is 2.24. The summed E-state index contributed by atoms with van der Waals surface area (Å²) in [6.07, 6.45) is 5.28. The van der Waals surface area contributed by atoms with Crippen molar-refractivity contribution < 1.29 is 18.8 Å². The van der Waals surface area contributed by atoms with Crippen molar-refractivity contribution in [3.8, 4) is 17.3 Å². The van der Waals surface area contributed by atoms with Gasteiger partial charge in [0.05, 0.1) is 29.4 Å². The number of carbonyl (C=O) groups excluding carboxylic acids is 1. The predicted octanol–water partition coefficient (Wildman–Crippen LogP) is 3.97. The number of aromatic nitrogens is 3. The van der Waals surface area contributed by atoms with Gasteiger partial charge in [-0.1, -0.05) is 22.8 Å². The molecule has 0 spiro atoms. The SMILES string of the molecule is C[C@@H](Cn1ccc(-c2ccc(C#N)c(Cl)c2)n1)NC(=O)c1cc(CCO[C@H]2CCCCO2)on1. The number of nitriles is 1. The summed E-state index contributed by atoms with van der Waals surface area (Å²) in [7, 11) is 0. The van der Waals surface area contributed by atoms with Gasteiger partial charge >= 0.3 is 0 Å². The Morgan fingerprint density at radius 1 is 1.38 bits per heavy atom. The quantitative estimate of drug-likeness (QED) is 0.489. The average Bonchev–Trinajstić information content (AvgIpc) is 3.50. The Bertz CT molecular complexity index is 1160. The molecule has 1 aromatic carbocycles. The van der Waals surface area contributed by atoms with E-state index in [0.717, 1.165) is 37.1 Å². The van der Waals surface area contributed by atoms with Crippen LogP contribution in [-0.4, -0.2) is 46.4 Å². The third kappa shape index (κ3) is 6.23. The van der Waals surface area contributed by atoms with Crippen molar-refractivity contribution in [3.05, 3.63) is 58.6 Å². The molecule has 1 aliphatic heterocycles. The Morgan fingerprint density at radius 3 is 3.03 bits per heavy atom. The van der Waals surface area contributed by atoms with E-state index < -0.39 is 0 Å². The van der Waals surface area contributed by atoms with Crippen LogP contribution < -0.4 is 5.32 Å². The van der Waals surface area contributed by atoms with E-state index in [1.165, 1.54) is 0 Å². The number of hydrogen-bond donors (Lipinski definition) is 1. The fourth-order valence-electron chi connectivity index (χ4n) is 3.68. The summed E-state index contributed by atoms with van der Waals surface area (Å²) in [6, 6.07) is 10.5. The van der Waals surface area contributed by atoms with Crippen LogP contribution in [0.25, 0.3) is 11.3 Å². The molecule has 1 N–H and O–H groups in total. The number of ether oxygens (including phenoxy) is 2. The van der Waals surface area contributed by atoms with Crippen molar-refractivity contribution in [2.24, 2.45) is 0 Å². The number of halogens is 1. The molecule has 1 fully saturated rings. The molecule has 1 saturated heterocycles. The molecular formula is C24H26ClN5O4. The molecule has 0 radical (unpaired) electrons. The van der Waals surface area contributed by atoms with Gasteiger partial charge in [0, 0.05) is 36.9 Å². The second-order valence-electron chi connectivity index (χ2n) is 8.20. The second-order valence-corrected chi connectivity index (χ2v) is 8.61. The van der Waals surface area contributed by atoms with E-state index >= 15 is 0 Å². The monoisotopic (exact) mass is 483 g/mol. The van der Waals surface area contributed by atoms with Crippen LogP contribution in [0.2, 0.25) is 5.02 Å². The first-order valence-electron chi connectivity index (χ1n) is 11.2. The van der Waals surface area contributed by atoms with Crippen molar-refractivity contribution >= 4 is 17.5 Å². The fourth-order valence-corrected chi connectivity index (χ4v) is 3.90. The zero-order chi connectivity index (χ0) is 23.9. The van der Waals surface area contributed by atoms with Gasteiger partial charge in [0.2, 0.25) is 0 Å². The van der Waals surface area contributed by atoms with E-state index in [1.54, 1.807) is 28.9 Å². The molecule has 0 unspecified atom stereocenters. The Kier molecular flexibility index (Phi) is 7.95. The van der Waals surface area contributed by atoms with Gasteiger partial charge in [-0.15, -0.1) is 0 Å². The Labute approximate surface area is 202 Å². The molecule has 3 heterocycles. The number of benzene rings is 1. The van der Waals surface area contributed by atoms with Crippen molar-refractivity contribution in [2.45, 2.75) is 51.5 Å². The van der Waals surface area contributed by atoms with E-state index in [2.05, 4.69) is 15.6 Å². The van der Waals surface area contributed by atoms with Gasteiger partial charge in [0.25, 0.3) is 5.91 Å². The van der Waals surface area contributed by atoms with Crippen LogP contribution in [0.15, 0.2) is 41.1 Å². The zero-order valence-corrected chi connectivity index (χ0v) is 19.6. The van der Waals surface area contributed by atoms with Crippen LogP contribution >= 0.6 is 11.6 Å². The number of hydrogen-bond acceptors (Lipinski definition) is 7. The van der Waals surface area contributed by atoms with Gasteiger partial charge in [-0.25, -0.2) is 0 Å². The molecule has 0 bridgehead atoms. The van der Waals surface area contributed by atoms with Gasteiger partial charge in [-0.3, -0.25) is 9.48 Å². The number of amides is 1. The smallest absolute Gasteiger partial charge is 0.273 e. The van der Waals surface area contributed by atoms with E-state index in [1.807, 2.05) is 25.3 Å². The van der Waals surface area contributed by atoms with Crippen molar-refractivity contribution in [1.82, 2.24) is 20.3 Å².